The predicted octanol–water partition coefficient (Wildman–Crippen LogP) is 2.48. The van der Waals surface area contributed by atoms with Gasteiger partial charge in [0.2, 0.25) is 0 Å². The van der Waals surface area contributed by atoms with E-state index in [1.165, 1.54) is 12.1 Å². The second-order valence-electron chi connectivity index (χ2n) is 4.83. The van der Waals surface area contributed by atoms with Gasteiger partial charge in [0.25, 0.3) is 5.69 Å². The zero-order chi connectivity index (χ0) is 12.7. The van der Waals surface area contributed by atoms with Crippen LogP contribution < -0.4 is 4.90 Å². The van der Waals surface area contributed by atoms with Crippen molar-refractivity contribution < 1.29 is 4.92 Å². The Bertz CT molecular complexity index is 539. The molecule has 0 aliphatic carbocycles. The minimum atomic E-state index is -0.330. The average Bonchev–Trinajstić information content (AvgIpc) is 2.71. The third-order valence-corrected chi connectivity index (χ3v) is 3.62. The van der Waals surface area contributed by atoms with Crippen LogP contribution in [-0.2, 0) is 6.54 Å². The van der Waals surface area contributed by atoms with Crippen molar-refractivity contribution in [3.63, 3.8) is 0 Å². The molecule has 1 fully saturated rings. The average molecular weight is 245 g/mol. The Hall–Kier alpha value is -2.04. The summed E-state index contributed by atoms with van der Waals surface area (Å²) in [5.74, 6) is 0. The second kappa shape index (κ2) is 4.01. The summed E-state index contributed by atoms with van der Waals surface area (Å²) in [4.78, 5) is 14.9. The van der Waals surface area contributed by atoms with Crippen LogP contribution in [-0.4, -0.2) is 23.4 Å². The minimum absolute atomic E-state index is 0.171. The van der Waals surface area contributed by atoms with E-state index in [2.05, 4.69) is 16.0 Å². The molecule has 5 heteroatoms. The molecule has 0 amide bonds. The Morgan fingerprint density at radius 2 is 2.22 bits per heavy atom. The molecule has 0 saturated carbocycles. The molecule has 0 unspecified atom stereocenters. The highest BCUT2D eigenvalue weighted by molar-refractivity contribution is 5.60. The third-order valence-electron chi connectivity index (χ3n) is 3.62. The van der Waals surface area contributed by atoms with E-state index >= 15 is 0 Å². The number of benzene rings is 1. The van der Waals surface area contributed by atoms with Crippen LogP contribution >= 0.6 is 0 Å². The summed E-state index contributed by atoms with van der Waals surface area (Å²) in [7, 11) is 2.00. The molecular formula is C13H15N3O2. The molecule has 2 heterocycles. The summed E-state index contributed by atoms with van der Waals surface area (Å²) in [6.07, 6.45) is 4.41. The molecular weight excluding hydrogens is 230 g/mol. The van der Waals surface area contributed by atoms with Gasteiger partial charge in [0.1, 0.15) is 0 Å². The summed E-state index contributed by atoms with van der Waals surface area (Å²) in [6, 6.07) is 5.11. The van der Waals surface area contributed by atoms with Crippen LogP contribution in [0.4, 0.5) is 11.4 Å². The van der Waals surface area contributed by atoms with Gasteiger partial charge >= 0.3 is 0 Å². The first-order valence-electron chi connectivity index (χ1n) is 6.11. The molecule has 3 rings (SSSR count). The molecule has 2 aliphatic rings. The largest absolute Gasteiger partial charge is 0.369 e. The number of allylic oxidation sites excluding steroid dienone is 1. The molecule has 0 atom stereocenters. The van der Waals surface area contributed by atoms with Gasteiger partial charge in [-0.2, -0.15) is 0 Å². The van der Waals surface area contributed by atoms with Crippen molar-refractivity contribution >= 4 is 11.4 Å². The highest BCUT2D eigenvalue weighted by Gasteiger charge is 2.24. The summed E-state index contributed by atoms with van der Waals surface area (Å²) in [5.41, 5.74) is 3.59. The van der Waals surface area contributed by atoms with Gasteiger partial charge in [-0.1, -0.05) is 0 Å². The zero-order valence-corrected chi connectivity index (χ0v) is 10.3. The van der Waals surface area contributed by atoms with Crippen LogP contribution in [0.15, 0.2) is 30.1 Å². The monoisotopic (exact) mass is 245 g/mol. The molecule has 18 heavy (non-hydrogen) atoms. The van der Waals surface area contributed by atoms with Gasteiger partial charge in [-0.25, -0.2) is 0 Å². The topological polar surface area (TPSA) is 49.6 Å². The van der Waals surface area contributed by atoms with E-state index in [1.54, 1.807) is 12.1 Å². The van der Waals surface area contributed by atoms with Gasteiger partial charge in [0.05, 0.1) is 4.92 Å². The first-order chi connectivity index (χ1) is 8.65. The molecule has 1 saturated heterocycles. The van der Waals surface area contributed by atoms with Crippen LogP contribution in [0.1, 0.15) is 18.4 Å². The van der Waals surface area contributed by atoms with Crippen molar-refractivity contribution in [3.8, 4) is 0 Å². The van der Waals surface area contributed by atoms with Crippen molar-refractivity contribution in [2.75, 3.05) is 18.5 Å². The van der Waals surface area contributed by atoms with Gasteiger partial charge in [-0.3, -0.25) is 10.1 Å². The summed E-state index contributed by atoms with van der Waals surface area (Å²) in [6.45, 7) is 1.81. The van der Waals surface area contributed by atoms with Crippen LogP contribution in [0, 0.1) is 10.1 Å². The highest BCUT2D eigenvalue weighted by atomic mass is 16.6. The molecule has 0 radical (unpaired) electrons. The fraction of sp³-hybridized carbons (Fsp3) is 0.385. The van der Waals surface area contributed by atoms with Gasteiger partial charge in [-0.15, -0.1) is 0 Å². The maximum Gasteiger partial charge on any atom is 0.269 e. The second-order valence-corrected chi connectivity index (χ2v) is 4.83. The number of hydrogen-bond donors (Lipinski definition) is 0. The molecule has 5 nitrogen and oxygen atoms in total. The SMILES string of the molecule is CN1C=C2CCCN2Cc2cc([N+](=O)[O-])ccc21. The van der Waals surface area contributed by atoms with Gasteiger partial charge < -0.3 is 9.80 Å². The maximum absolute atomic E-state index is 10.8. The quantitative estimate of drug-likeness (QED) is 0.563. The molecule has 1 aromatic rings. The fourth-order valence-electron chi connectivity index (χ4n) is 2.73. The summed E-state index contributed by atoms with van der Waals surface area (Å²) in [5, 5.41) is 10.8. The van der Waals surface area contributed by atoms with E-state index in [9.17, 15) is 10.1 Å². The molecule has 2 aliphatic heterocycles. The highest BCUT2D eigenvalue weighted by Crippen LogP contribution is 2.33. The lowest BCUT2D eigenvalue weighted by molar-refractivity contribution is -0.384. The molecule has 94 valence electrons. The normalized spacial score (nSPS) is 17.9. The lowest BCUT2D eigenvalue weighted by Crippen LogP contribution is -2.16. The number of nitro groups is 1. The van der Waals surface area contributed by atoms with Crippen molar-refractivity contribution in [3.05, 3.63) is 45.8 Å². The molecule has 0 aromatic heterocycles. The Labute approximate surface area is 105 Å². The van der Waals surface area contributed by atoms with Crippen molar-refractivity contribution in [1.82, 2.24) is 4.90 Å². The van der Waals surface area contributed by atoms with Crippen LogP contribution in [0.25, 0.3) is 0 Å². The maximum atomic E-state index is 10.8. The number of fused-ring (bicyclic) bond motifs is 2. The standard InChI is InChI=1S/C13H15N3O2/c1-14-9-12-3-2-6-15(12)8-10-7-11(16(17)18)4-5-13(10)14/h4-5,7,9H,2-3,6,8H2,1H3. The predicted molar refractivity (Wildman–Crippen MR) is 69.2 cm³/mol. The smallest absolute Gasteiger partial charge is 0.269 e. The van der Waals surface area contributed by atoms with E-state index in [0.29, 0.717) is 0 Å². The van der Waals surface area contributed by atoms with E-state index in [4.69, 9.17) is 0 Å². The van der Waals surface area contributed by atoms with Crippen LogP contribution in [0.3, 0.4) is 0 Å². The number of hydrogen-bond acceptors (Lipinski definition) is 4. The first-order valence-corrected chi connectivity index (χ1v) is 6.11. The van der Waals surface area contributed by atoms with Gasteiger partial charge in [0.15, 0.2) is 0 Å². The van der Waals surface area contributed by atoms with E-state index in [-0.39, 0.29) is 10.6 Å². The van der Waals surface area contributed by atoms with Crippen LogP contribution in [0.5, 0.6) is 0 Å². The lowest BCUT2D eigenvalue weighted by Gasteiger charge is -2.18. The molecule has 1 aromatic carbocycles. The Balaban J connectivity index is 2.05. The van der Waals surface area contributed by atoms with Crippen molar-refractivity contribution in [2.24, 2.45) is 0 Å². The van der Waals surface area contributed by atoms with Crippen molar-refractivity contribution in [2.45, 2.75) is 19.4 Å². The molecule has 0 spiro atoms. The van der Waals surface area contributed by atoms with Crippen molar-refractivity contribution in [1.29, 1.82) is 0 Å². The van der Waals surface area contributed by atoms with Gasteiger partial charge in [-0.05, 0) is 18.9 Å². The van der Waals surface area contributed by atoms with E-state index in [1.807, 2.05) is 13.1 Å². The Kier molecular flexibility index (Phi) is 2.47. The van der Waals surface area contributed by atoms with E-state index < -0.39 is 0 Å². The number of non-ortho nitro benzene ring substituents is 1. The zero-order valence-electron chi connectivity index (χ0n) is 10.3. The molecule has 0 N–H and O–H groups in total. The molecule has 0 bridgehead atoms. The minimum Gasteiger partial charge on any atom is -0.369 e. The summed E-state index contributed by atoms with van der Waals surface area (Å²) < 4.78 is 0. The fourth-order valence-corrected chi connectivity index (χ4v) is 2.73. The third kappa shape index (κ3) is 1.72. The van der Waals surface area contributed by atoms with Crippen LogP contribution in [0.2, 0.25) is 0 Å². The van der Waals surface area contributed by atoms with Gasteiger partial charge in [0, 0.05) is 55.4 Å². The number of rotatable bonds is 1. The number of nitrogens with zero attached hydrogens (tertiary/aromatic N) is 3. The Morgan fingerprint density at radius 1 is 1.39 bits per heavy atom. The number of nitro benzene ring substituents is 1. The summed E-state index contributed by atoms with van der Waals surface area (Å²) >= 11 is 0. The Morgan fingerprint density at radius 3 is 3.00 bits per heavy atom. The lowest BCUT2D eigenvalue weighted by atomic mass is 10.1. The van der Waals surface area contributed by atoms with E-state index in [0.717, 1.165) is 30.8 Å². The number of anilines is 1. The first kappa shape index (κ1) is 11.1.